The maximum absolute atomic E-state index is 11.6. The smallest absolute Gasteiger partial charge is 0.190 e. The van der Waals surface area contributed by atoms with Crippen molar-refractivity contribution in [2.24, 2.45) is 0 Å². The van der Waals surface area contributed by atoms with E-state index in [9.17, 15) is 24.9 Å². The zero-order chi connectivity index (χ0) is 12.7. The predicted molar refractivity (Wildman–Crippen MR) is 58.6 cm³/mol. The molecule has 0 spiro atoms. The highest BCUT2D eigenvalue weighted by atomic mass is 16.3. The summed E-state index contributed by atoms with van der Waals surface area (Å²) in [6.07, 6.45) is 2.25. The van der Waals surface area contributed by atoms with Crippen molar-refractivity contribution >= 4 is 11.6 Å². The van der Waals surface area contributed by atoms with Crippen LogP contribution in [0.25, 0.3) is 0 Å². The van der Waals surface area contributed by atoms with Crippen LogP contribution in [0, 0.1) is 0 Å². The second-order valence-electron chi connectivity index (χ2n) is 3.69. The highest BCUT2D eigenvalue weighted by Gasteiger charge is 2.31. The Morgan fingerprint density at radius 2 is 1.35 bits per heavy atom. The molecule has 0 radical (unpaired) electrons. The lowest BCUT2D eigenvalue weighted by Gasteiger charge is -2.16. The third-order valence-electron chi connectivity index (χ3n) is 2.75. The van der Waals surface area contributed by atoms with Gasteiger partial charge in [-0.25, -0.2) is 0 Å². The fourth-order valence-corrected chi connectivity index (χ4v) is 1.89. The van der Waals surface area contributed by atoms with Gasteiger partial charge in [-0.15, -0.1) is 0 Å². The lowest BCUT2D eigenvalue weighted by Crippen LogP contribution is -2.13. The molecule has 2 rings (SSSR count). The number of phenolic OH excluding ortho intramolecular Hbond substituents is 3. The Labute approximate surface area is 96.6 Å². The second kappa shape index (κ2) is 3.62. The molecule has 5 nitrogen and oxygen atoms in total. The Morgan fingerprint density at radius 3 is 1.82 bits per heavy atom. The minimum atomic E-state index is -0.655. The van der Waals surface area contributed by atoms with Crippen molar-refractivity contribution in [3.63, 3.8) is 0 Å². The lowest BCUT2D eigenvalue weighted by molar-refractivity contribution is 0.0988. The van der Waals surface area contributed by atoms with Crippen LogP contribution in [-0.4, -0.2) is 26.9 Å². The number of allylic oxidation sites excluding steroid dienone is 2. The Bertz CT molecular complexity index is 569. The molecule has 5 heteroatoms. The van der Waals surface area contributed by atoms with E-state index in [-0.39, 0.29) is 23.1 Å². The molecule has 0 saturated carbocycles. The molecule has 1 aromatic rings. The van der Waals surface area contributed by atoms with Crippen LogP contribution >= 0.6 is 0 Å². The van der Waals surface area contributed by atoms with Crippen molar-refractivity contribution in [3.05, 3.63) is 28.8 Å². The zero-order valence-corrected chi connectivity index (χ0v) is 9.02. The third-order valence-corrected chi connectivity index (χ3v) is 2.75. The first kappa shape index (κ1) is 11.2. The van der Waals surface area contributed by atoms with Crippen LogP contribution in [0.1, 0.15) is 33.2 Å². The van der Waals surface area contributed by atoms with Crippen molar-refractivity contribution in [2.75, 3.05) is 0 Å². The molecular formula is C12H10O5. The number of phenols is 3. The van der Waals surface area contributed by atoms with E-state index in [1.54, 1.807) is 6.92 Å². The van der Waals surface area contributed by atoms with Gasteiger partial charge in [-0.3, -0.25) is 9.59 Å². The summed E-state index contributed by atoms with van der Waals surface area (Å²) < 4.78 is 0. The van der Waals surface area contributed by atoms with Crippen molar-refractivity contribution < 1.29 is 24.9 Å². The number of rotatable bonds is 1. The van der Waals surface area contributed by atoms with Gasteiger partial charge in [0.25, 0.3) is 0 Å². The fourth-order valence-electron chi connectivity index (χ4n) is 1.89. The number of hydrogen-bond donors (Lipinski definition) is 3. The molecule has 0 aromatic heterocycles. The quantitative estimate of drug-likeness (QED) is 0.503. The lowest BCUT2D eigenvalue weighted by atomic mass is 9.89. The first-order valence-corrected chi connectivity index (χ1v) is 5.05. The standard InChI is InChI=1S/C12H10O5/c1-2-5-10(15)8-6(13)3-4-7(14)9(8)12(17)11(5)16/h3-4,15-17H,2H2,1H3. The molecule has 0 fully saturated rings. The van der Waals surface area contributed by atoms with Crippen molar-refractivity contribution in [1.82, 2.24) is 0 Å². The van der Waals surface area contributed by atoms with Crippen LogP contribution < -0.4 is 0 Å². The molecule has 0 unspecified atom stereocenters. The summed E-state index contributed by atoms with van der Waals surface area (Å²) in [7, 11) is 0. The average Bonchev–Trinajstić information content (AvgIpc) is 2.30. The van der Waals surface area contributed by atoms with E-state index < -0.39 is 28.8 Å². The zero-order valence-electron chi connectivity index (χ0n) is 9.02. The van der Waals surface area contributed by atoms with E-state index in [1.807, 2.05) is 0 Å². The highest BCUT2D eigenvalue weighted by Crippen LogP contribution is 2.44. The van der Waals surface area contributed by atoms with Crippen LogP contribution in [0.4, 0.5) is 0 Å². The summed E-state index contributed by atoms with van der Waals surface area (Å²) >= 11 is 0. The molecule has 0 saturated heterocycles. The summed E-state index contributed by atoms with van der Waals surface area (Å²) in [4.78, 5) is 23.1. The SMILES string of the molecule is CCc1c(O)c(O)c2c(c1O)C(=O)C=CC2=O. The van der Waals surface area contributed by atoms with Gasteiger partial charge in [0, 0.05) is 5.56 Å². The maximum atomic E-state index is 11.6. The van der Waals surface area contributed by atoms with Crippen LogP contribution in [0.2, 0.25) is 0 Å². The van der Waals surface area contributed by atoms with Gasteiger partial charge in [-0.1, -0.05) is 6.92 Å². The van der Waals surface area contributed by atoms with Gasteiger partial charge in [-0.2, -0.15) is 0 Å². The molecule has 17 heavy (non-hydrogen) atoms. The van der Waals surface area contributed by atoms with Gasteiger partial charge in [0.2, 0.25) is 0 Å². The molecule has 88 valence electrons. The average molecular weight is 234 g/mol. The molecule has 0 atom stereocenters. The molecule has 0 aliphatic heterocycles. The van der Waals surface area contributed by atoms with Crippen molar-refractivity contribution in [2.45, 2.75) is 13.3 Å². The Kier molecular flexibility index (Phi) is 2.38. The van der Waals surface area contributed by atoms with Crippen molar-refractivity contribution in [1.29, 1.82) is 0 Å². The van der Waals surface area contributed by atoms with Gasteiger partial charge in [0.05, 0.1) is 11.1 Å². The Morgan fingerprint density at radius 1 is 0.882 bits per heavy atom. The summed E-state index contributed by atoms with van der Waals surface area (Å²) in [5, 5.41) is 29.2. The van der Waals surface area contributed by atoms with E-state index in [0.717, 1.165) is 12.2 Å². The maximum Gasteiger partial charge on any atom is 0.190 e. The van der Waals surface area contributed by atoms with Gasteiger partial charge in [0.15, 0.2) is 23.1 Å². The van der Waals surface area contributed by atoms with Gasteiger partial charge < -0.3 is 15.3 Å². The van der Waals surface area contributed by atoms with Gasteiger partial charge in [-0.05, 0) is 18.6 Å². The number of carbonyl (C=O) groups is 2. The molecule has 1 aliphatic carbocycles. The minimum absolute atomic E-state index is 0.0534. The first-order valence-electron chi connectivity index (χ1n) is 5.05. The Balaban J connectivity index is 2.91. The van der Waals surface area contributed by atoms with E-state index in [1.165, 1.54) is 0 Å². The third kappa shape index (κ3) is 1.39. The number of benzene rings is 1. The largest absolute Gasteiger partial charge is 0.507 e. The summed E-state index contributed by atoms with van der Waals surface area (Å²) in [6, 6.07) is 0. The van der Waals surface area contributed by atoms with E-state index in [0.29, 0.717) is 0 Å². The molecule has 0 amide bonds. The summed E-state index contributed by atoms with van der Waals surface area (Å²) in [5.41, 5.74) is -0.535. The molecule has 3 N–H and O–H groups in total. The number of carbonyl (C=O) groups excluding carboxylic acids is 2. The topological polar surface area (TPSA) is 94.8 Å². The van der Waals surface area contributed by atoms with Gasteiger partial charge >= 0.3 is 0 Å². The fraction of sp³-hybridized carbons (Fsp3) is 0.167. The highest BCUT2D eigenvalue weighted by molar-refractivity contribution is 6.24. The van der Waals surface area contributed by atoms with Crippen LogP contribution in [-0.2, 0) is 6.42 Å². The number of aromatic hydroxyl groups is 3. The van der Waals surface area contributed by atoms with Crippen molar-refractivity contribution in [3.8, 4) is 17.2 Å². The van der Waals surface area contributed by atoms with E-state index in [2.05, 4.69) is 0 Å². The van der Waals surface area contributed by atoms with Crippen LogP contribution in [0.15, 0.2) is 12.2 Å². The van der Waals surface area contributed by atoms with Crippen LogP contribution in [0.5, 0.6) is 17.2 Å². The van der Waals surface area contributed by atoms with E-state index in [4.69, 9.17) is 0 Å². The van der Waals surface area contributed by atoms with Gasteiger partial charge in [0.1, 0.15) is 5.75 Å². The van der Waals surface area contributed by atoms with E-state index >= 15 is 0 Å². The number of fused-ring (bicyclic) bond motifs is 1. The molecule has 1 aliphatic rings. The normalized spacial score (nSPS) is 13.9. The molecule has 0 heterocycles. The summed E-state index contributed by atoms with van der Waals surface area (Å²) in [5.74, 6) is -2.84. The first-order chi connectivity index (χ1) is 7.99. The Hall–Kier alpha value is -2.30. The van der Waals surface area contributed by atoms with Crippen LogP contribution in [0.3, 0.4) is 0 Å². The second-order valence-corrected chi connectivity index (χ2v) is 3.69. The number of hydrogen-bond acceptors (Lipinski definition) is 5. The minimum Gasteiger partial charge on any atom is -0.507 e. The predicted octanol–water partition coefficient (Wildman–Crippen LogP) is 1.30. The number of ketones is 2. The summed E-state index contributed by atoms with van der Waals surface area (Å²) in [6.45, 7) is 1.64. The monoisotopic (exact) mass is 234 g/mol. The molecule has 0 bridgehead atoms. The molecule has 1 aromatic carbocycles. The molecular weight excluding hydrogens is 224 g/mol.